The maximum absolute atomic E-state index is 13.0. The van der Waals surface area contributed by atoms with Crippen LogP contribution in [0.1, 0.15) is 22.6 Å². The van der Waals surface area contributed by atoms with Crippen LogP contribution in [0.25, 0.3) is 5.69 Å². The molecule has 0 aliphatic carbocycles. The highest BCUT2D eigenvalue weighted by atomic mass is 79.9. The van der Waals surface area contributed by atoms with Crippen molar-refractivity contribution in [2.45, 2.75) is 13.5 Å². The first kappa shape index (κ1) is 15.4. The molecule has 24 heavy (non-hydrogen) atoms. The van der Waals surface area contributed by atoms with Gasteiger partial charge in [0.1, 0.15) is 0 Å². The van der Waals surface area contributed by atoms with Crippen LogP contribution in [0.3, 0.4) is 0 Å². The lowest BCUT2D eigenvalue weighted by molar-refractivity contribution is -0.475. The fraction of sp³-hybridized carbons (Fsp3) is 0.111. The normalized spacial score (nSPS) is 13.5. The minimum atomic E-state index is 0.167. The molecule has 0 amide bonds. The van der Waals surface area contributed by atoms with E-state index in [0.717, 1.165) is 31.7 Å². The lowest BCUT2D eigenvalue weighted by Crippen LogP contribution is -2.18. The maximum atomic E-state index is 13.0. The number of imidazole rings is 1. The van der Waals surface area contributed by atoms with Gasteiger partial charge in [-0.25, -0.2) is 4.98 Å². The van der Waals surface area contributed by atoms with Crippen molar-refractivity contribution >= 4 is 33.2 Å². The molecule has 6 heteroatoms. The smallest absolute Gasteiger partial charge is 0.229 e. The second-order valence-electron chi connectivity index (χ2n) is 5.70. The van der Waals surface area contributed by atoms with E-state index in [1.807, 2.05) is 54.1 Å². The van der Waals surface area contributed by atoms with Gasteiger partial charge in [0.15, 0.2) is 5.82 Å². The summed E-state index contributed by atoms with van der Waals surface area (Å²) >= 11 is 9.88. The van der Waals surface area contributed by atoms with Gasteiger partial charge in [-0.15, -0.1) is 0 Å². The van der Waals surface area contributed by atoms with E-state index >= 15 is 0 Å². The number of hydrogen-bond acceptors (Lipinski definition) is 2. The minimum Gasteiger partial charge on any atom is -0.623 e. The summed E-state index contributed by atoms with van der Waals surface area (Å²) < 4.78 is 3.85. The van der Waals surface area contributed by atoms with Gasteiger partial charge >= 0.3 is 0 Å². The maximum Gasteiger partial charge on any atom is 0.229 e. The van der Waals surface area contributed by atoms with Crippen molar-refractivity contribution in [2.75, 3.05) is 0 Å². The number of nitrogens with zero attached hydrogens (tertiary/aromatic N) is 3. The lowest BCUT2D eigenvalue weighted by Gasteiger charge is -2.12. The first-order valence-electron chi connectivity index (χ1n) is 7.46. The zero-order chi connectivity index (χ0) is 16.8. The molecule has 1 aliphatic rings. The van der Waals surface area contributed by atoms with Gasteiger partial charge in [-0.1, -0.05) is 39.7 Å². The molecule has 0 atom stereocenters. The third kappa shape index (κ3) is 2.44. The first-order chi connectivity index (χ1) is 11.5. The van der Waals surface area contributed by atoms with Gasteiger partial charge in [0.2, 0.25) is 12.3 Å². The van der Waals surface area contributed by atoms with Gasteiger partial charge in [0.25, 0.3) is 0 Å². The van der Waals surface area contributed by atoms with Crippen LogP contribution in [0, 0.1) is 12.1 Å². The highest BCUT2D eigenvalue weighted by Crippen LogP contribution is 2.29. The summed E-state index contributed by atoms with van der Waals surface area (Å²) in [5, 5.41) is 13.5. The summed E-state index contributed by atoms with van der Waals surface area (Å²) in [4.78, 5) is 4.50. The van der Waals surface area contributed by atoms with E-state index < -0.39 is 0 Å². The number of hydroxylamine groups is 1. The number of benzene rings is 2. The first-order valence-corrected chi connectivity index (χ1v) is 8.63. The Morgan fingerprint density at radius 2 is 2.00 bits per heavy atom. The Labute approximate surface area is 152 Å². The minimum absolute atomic E-state index is 0.167. The summed E-state index contributed by atoms with van der Waals surface area (Å²) in [6.07, 6.45) is 1.95. The van der Waals surface area contributed by atoms with Crippen molar-refractivity contribution in [3.63, 3.8) is 0 Å². The molecular weight excluding hydrogens is 390 g/mol. The number of aromatic nitrogens is 2. The number of fused-ring (bicyclic) bond motifs is 3. The summed E-state index contributed by atoms with van der Waals surface area (Å²) in [7, 11) is 0. The van der Waals surface area contributed by atoms with E-state index in [4.69, 9.17) is 11.6 Å². The molecule has 4 nitrogen and oxygen atoms in total. The van der Waals surface area contributed by atoms with Crippen LogP contribution in [0.5, 0.6) is 0 Å². The molecule has 0 N–H and O–H groups in total. The second kappa shape index (κ2) is 5.76. The molecule has 0 bridgehead atoms. The molecule has 0 unspecified atom stereocenters. The third-order valence-corrected chi connectivity index (χ3v) is 4.86. The van der Waals surface area contributed by atoms with Gasteiger partial charge < -0.3 is 5.21 Å². The molecule has 1 aromatic heterocycles. The Morgan fingerprint density at radius 3 is 2.79 bits per heavy atom. The van der Waals surface area contributed by atoms with Gasteiger partial charge in [-0.05, 0) is 37.3 Å². The average molecular weight is 403 g/mol. The van der Waals surface area contributed by atoms with Crippen LogP contribution in [-0.4, -0.2) is 20.0 Å². The van der Waals surface area contributed by atoms with Gasteiger partial charge in [-0.2, -0.15) is 4.74 Å². The summed E-state index contributed by atoms with van der Waals surface area (Å²) in [6.45, 7) is 2.09. The highest BCUT2D eigenvalue weighted by Gasteiger charge is 2.28. The molecule has 4 rings (SSSR count). The van der Waals surface area contributed by atoms with E-state index in [1.54, 1.807) is 6.07 Å². The number of rotatable bonds is 1. The Balaban J connectivity index is 2.07. The standard InChI is InChI=1S/C18H13BrClN3O/c1-11-9-22-16-7-6-12(19)8-14(16)18(23(24)10-17(22)21-11)13-4-2-3-5-15(13)20/h2-9H,10H2,1H3. The largest absolute Gasteiger partial charge is 0.623 e. The van der Waals surface area contributed by atoms with Gasteiger partial charge in [-0.3, -0.25) is 4.57 Å². The van der Waals surface area contributed by atoms with Crippen molar-refractivity contribution in [1.82, 2.24) is 9.55 Å². The molecule has 120 valence electrons. The van der Waals surface area contributed by atoms with Crippen molar-refractivity contribution in [2.24, 2.45) is 0 Å². The monoisotopic (exact) mass is 401 g/mol. The van der Waals surface area contributed by atoms with Crippen LogP contribution >= 0.6 is 27.5 Å². The van der Waals surface area contributed by atoms with Crippen LogP contribution in [-0.2, 0) is 6.54 Å². The van der Waals surface area contributed by atoms with E-state index in [1.165, 1.54) is 0 Å². The van der Waals surface area contributed by atoms with Crippen molar-refractivity contribution in [3.05, 3.63) is 86.0 Å². The van der Waals surface area contributed by atoms with Crippen LogP contribution in [0.4, 0.5) is 0 Å². The number of hydrogen-bond donors (Lipinski definition) is 0. The quantitative estimate of drug-likeness (QED) is 0.445. The topological polar surface area (TPSA) is 43.9 Å². The highest BCUT2D eigenvalue weighted by molar-refractivity contribution is 9.10. The van der Waals surface area contributed by atoms with Crippen molar-refractivity contribution in [1.29, 1.82) is 0 Å². The van der Waals surface area contributed by atoms with E-state index in [-0.39, 0.29) is 6.54 Å². The van der Waals surface area contributed by atoms with Crippen LogP contribution in [0.2, 0.25) is 5.02 Å². The van der Waals surface area contributed by atoms with Crippen LogP contribution in [0.15, 0.2) is 53.1 Å². The summed E-state index contributed by atoms with van der Waals surface area (Å²) in [5.41, 5.74) is 3.90. The average Bonchev–Trinajstić information content (AvgIpc) is 2.85. The van der Waals surface area contributed by atoms with E-state index in [0.29, 0.717) is 16.6 Å². The molecular formula is C18H13BrClN3O. The SMILES string of the molecule is Cc1cn2c(n1)C[N+]([O-])=C(c1ccccc1Cl)c1cc(Br)ccc1-2. The Kier molecular flexibility index (Phi) is 3.70. The zero-order valence-electron chi connectivity index (χ0n) is 12.8. The molecule has 0 radical (unpaired) electrons. The number of halogens is 2. The van der Waals surface area contributed by atoms with Gasteiger partial charge in [0, 0.05) is 10.7 Å². The molecule has 0 fully saturated rings. The molecule has 2 aromatic carbocycles. The lowest BCUT2D eigenvalue weighted by atomic mass is 10.0. The zero-order valence-corrected chi connectivity index (χ0v) is 15.2. The summed E-state index contributed by atoms with van der Waals surface area (Å²) in [6, 6.07) is 13.3. The Hall–Kier alpha value is -2.11. The summed E-state index contributed by atoms with van der Waals surface area (Å²) in [5.74, 6) is 0.716. The number of aryl methyl sites for hydroxylation is 1. The third-order valence-electron chi connectivity index (χ3n) is 4.04. The fourth-order valence-corrected chi connectivity index (χ4v) is 3.64. The fourth-order valence-electron chi connectivity index (χ4n) is 3.05. The molecule has 3 aromatic rings. The molecule has 2 heterocycles. The molecule has 0 saturated carbocycles. The van der Waals surface area contributed by atoms with Gasteiger partial charge in [0.05, 0.1) is 27.5 Å². The second-order valence-corrected chi connectivity index (χ2v) is 7.02. The Morgan fingerprint density at radius 1 is 1.21 bits per heavy atom. The molecule has 1 aliphatic heterocycles. The molecule has 0 saturated heterocycles. The van der Waals surface area contributed by atoms with Crippen LogP contribution < -0.4 is 0 Å². The predicted octanol–water partition coefficient (Wildman–Crippen LogP) is 4.46. The van der Waals surface area contributed by atoms with Crippen molar-refractivity contribution < 1.29 is 4.74 Å². The van der Waals surface area contributed by atoms with E-state index in [9.17, 15) is 5.21 Å². The Bertz CT molecular complexity index is 994. The predicted molar refractivity (Wildman–Crippen MR) is 98.0 cm³/mol. The van der Waals surface area contributed by atoms with E-state index in [2.05, 4.69) is 20.9 Å². The van der Waals surface area contributed by atoms with Crippen molar-refractivity contribution in [3.8, 4) is 5.69 Å². The molecule has 0 spiro atoms.